The quantitative estimate of drug-likeness (QED) is 0.671. The van der Waals surface area contributed by atoms with Gasteiger partial charge in [0, 0.05) is 37.4 Å². The lowest BCUT2D eigenvalue weighted by molar-refractivity contribution is 0.0601. The summed E-state index contributed by atoms with van der Waals surface area (Å²) in [5.41, 5.74) is 2.74. The number of aryl methyl sites for hydroxylation is 1. The molecule has 2 aromatic heterocycles. The van der Waals surface area contributed by atoms with Crippen LogP contribution < -0.4 is 9.47 Å². The van der Waals surface area contributed by atoms with Crippen LogP contribution in [-0.4, -0.2) is 40.7 Å². The maximum absolute atomic E-state index is 13.6. The minimum atomic E-state index is 0.0497. The lowest BCUT2D eigenvalue weighted by atomic mass is 10.0. The summed E-state index contributed by atoms with van der Waals surface area (Å²) in [6.07, 6.45) is 4.08. The smallest absolute Gasteiger partial charge is 0.271 e. The van der Waals surface area contributed by atoms with Gasteiger partial charge in [0.1, 0.15) is 17.2 Å². The number of benzene rings is 1. The second-order valence-electron chi connectivity index (χ2n) is 7.25. The molecule has 4 rings (SSSR count). The van der Waals surface area contributed by atoms with Crippen molar-refractivity contribution < 1.29 is 14.3 Å². The molecule has 6 heteroatoms. The Morgan fingerprint density at radius 3 is 2.61 bits per heavy atom. The lowest BCUT2D eigenvalue weighted by Crippen LogP contribution is -2.42. The molecular formula is C22H27N3O3. The van der Waals surface area contributed by atoms with Crippen LogP contribution in [0.3, 0.4) is 0 Å². The molecular weight excluding hydrogens is 354 g/mol. The normalized spacial score (nSPS) is 16.3. The molecule has 1 amide bonds. The molecule has 1 aromatic carbocycles. The maximum atomic E-state index is 13.6. The SMILES string of the molecule is CCCC1c2cccn2CCN1C(=O)c1cc2c(OC)ccc(OC)c2n1C. The highest BCUT2D eigenvalue weighted by Crippen LogP contribution is 2.37. The summed E-state index contributed by atoms with van der Waals surface area (Å²) in [5.74, 6) is 1.52. The van der Waals surface area contributed by atoms with Gasteiger partial charge in [0.15, 0.2) is 0 Å². The predicted molar refractivity (Wildman–Crippen MR) is 109 cm³/mol. The zero-order chi connectivity index (χ0) is 19.8. The van der Waals surface area contributed by atoms with Gasteiger partial charge in [0.2, 0.25) is 0 Å². The average Bonchev–Trinajstić information content (AvgIpc) is 3.32. The van der Waals surface area contributed by atoms with Gasteiger partial charge in [0.25, 0.3) is 5.91 Å². The van der Waals surface area contributed by atoms with Crippen LogP contribution in [0.15, 0.2) is 36.5 Å². The fraction of sp³-hybridized carbons (Fsp3) is 0.409. The molecule has 1 aliphatic heterocycles. The maximum Gasteiger partial charge on any atom is 0.271 e. The highest BCUT2D eigenvalue weighted by Gasteiger charge is 2.32. The summed E-state index contributed by atoms with van der Waals surface area (Å²) >= 11 is 0. The Morgan fingerprint density at radius 1 is 1.14 bits per heavy atom. The van der Waals surface area contributed by atoms with Crippen molar-refractivity contribution in [1.82, 2.24) is 14.0 Å². The van der Waals surface area contributed by atoms with Crippen LogP contribution in [0.5, 0.6) is 11.5 Å². The van der Waals surface area contributed by atoms with Crippen LogP contribution in [0, 0.1) is 0 Å². The van der Waals surface area contributed by atoms with Crippen LogP contribution in [0.25, 0.3) is 10.9 Å². The highest BCUT2D eigenvalue weighted by molar-refractivity contribution is 6.02. The molecule has 1 aliphatic rings. The first-order valence-electron chi connectivity index (χ1n) is 9.77. The molecule has 0 N–H and O–H groups in total. The standard InChI is InChI=1S/C22H27N3O3/c1-5-7-17-16-8-6-11-24(16)12-13-25(17)22(26)18-14-15-19(27-3)9-10-20(28-4)21(15)23(18)2/h6,8-11,14,17H,5,7,12-13H2,1-4H3. The summed E-state index contributed by atoms with van der Waals surface area (Å²) < 4.78 is 15.2. The first-order chi connectivity index (χ1) is 13.6. The van der Waals surface area contributed by atoms with E-state index in [2.05, 4.69) is 29.8 Å². The van der Waals surface area contributed by atoms with E-state index >= 15 is 0 Å². The number of hydrogen-bond acceptors (Lipinski definition) is 3. The number of amides is 1. The number of carbonyl (C=O) groups is 1. The topological polar surface area (TPSA) is 48.6 Å². The van der Waals surface area contributed by atoms with E-state index in [1.54, 1.807) is 14.2 Å². The number of ether oxygens (including phenoxy) is 2. The van der Waals surface area contributed by atoms with Crippen LogP contribution in [0.1, 0.15) is 42.0 Å². The molecule has 6 nitrogen and oxygen atoms in total. The Labute approximate surface area is 165 Å². The van der Waals surface area contributed by atoms with Crippen molar-refractivity contribution in [1.29, 1.82) is 0 Å². The largest absolute Gasteiger partial charge is 0.496 e. The van der Waals surface area contributed by atoms with E-state index in [4.69, 9.17) is 9.47 Å². The van der Waals surface area contributed by atoms with Gasteiger partial charge in [-0.1, -0.05) is 13.3 Å². The Bertz CT molecular complexity index is 1020. The number of methoxy groups -OCH3 is 2. The van der Waals surface area contributed by atoms with Crippen molar-refractivity contribution >= 4 is 16.8 Å². The van der Waals surface area contributed by atoms with E-state index in [1.807, 2.05) is 34.7 Å². The monoisotopic (exact) mass is 381 g/mol. The van der Waals surface area contributed by atoms with Crippen LogP contribution in [-0.2, 0) is 13.6 Å². The summed E-state index contributed by atoms with van der Waals surface area (Å²) in [5, 5.41) is 0.889. The minimum absolute atomic E-state index is 0.0497. The van der Waals surface area contributed by atoms with Gasteiger partial charge in [-0.2, -0.15) is 0 Å². The molecule has 3 aromatic rings. The number of aromatic nitrogens is 2. The molecule has 0 saturated heterocycles. The van der Waals surface area contributed by atoms with Gasteiger partial charge >= 0.3 is 0 Å². The van der Waals surface area contributed by atoms with E-state index < -0.39 is 0 Å². The van der Waals surface area contributed by atoms with Crippen LogP contribution >= 0.6 is 0 Å². The first-order valence-corrected chi connectivity index (χ1v) is 9.77. The molecule has 0 fully saturated rings. The number of nitrogens with zero attached hydrogens (tertiary/aromatic N) is 3. The molecule has 0 spiro atoms. The minimum Gasteiger partial charge on any atom is -0.496 e. The third-order valence-corrected chi connectivity index (χ3v) is 5.76. The molecule has 0 bridgehead atoms. The molecule has 3 heterocycles. The highest BCUT2D eigenvalue weighted by atomic mass is 16.5. The third kappa shape index (κ3) is 2.75. The van der Waals surface area contributed by atoms with E-state index in [-0.39, 0.29) is 11.9 Å². The van der Waals surface area contributed by atoms with E-state index in [1.165, 1.54) is 5.69 Å². The Hall–Kier alpha value is -2.89. The van der Waals surface area contributed by atoms with E-state index in [0.29, 0.717) is 12.2 Å². The number of fused-ring (bicyclic) bond motifs is 2. The third-order valence-electron chi connectivity index (χ3n) is 5.76. The number of carbonyl (C=O) groups excluding carboxylic acids is 1. The molecule has 148 valence electrons. The summed E-state index contributed by atoms with van der Waals surface area (Å²) in [4.78, 5) is 15.6. The Morgan fingerprint density at radius 2 is 1.89 bits per heavy atom. The number of hydrogen-bond donors (Lipinski definition) is 0. The van der Waals surface area contributed by atoms with Gasteiger partial charge in [0.05, 0.1) is 25.8 Å². The Kier molecular flexibility index (Phi) is 4.79. The fourth-order valence-corrected chi connectivity index (χ4v) is 4.39. The number of rotatable bonds is 5. The van der Waals surface area contributed by atoms with Gasteiger partial charge in [-0.3, -0.25) is 4.79 Å². The molecule has 28 heavy (non-hydrogen) atoms. The summed E-state index contributed by atoms with van der Waals surface area (Å²) in [6.45, 7) is 3.70. The van der Waals surface area contributed by atoms with Crippen molar-refractivity contribution in [2.24, 2.45) is 7.05 Å². The van der Waals surface area contributed by atoms with Crippen molar-refractivity contribution in [3.63, 3.8) is 0 Å². The second kappa shape index (κ2) is 7.26. The lowest BCUT2D eigenvalue weighted by Gasteiger charge is -2.37. The van der Waals surface area contributed by atoms with Gasteiger partial charge in [-0.15, -0.1) is 0 Å². The van der Waals surface area contributed by atoms with E-state index in [0.717, 1.165) is 41.8 Å². The summed E-state index contributed by atoms with van der Waals surface area (Å²) in [6, 6.07) is 9.98. The molecule has 0 radical (unpaired) electrons. The molecule has 1 unspecified atom stereocenters. The molecule has 0 aliphatic carbocycles. The van der Waals surface area contributed by atoms with Crippen molar-refractivity contribution in [2.45, 2.75) is 32.4 Å². The zero-order valence-corrected chi connectivity index (χ0v) is 16.9. The van der Waals surface area contributed by atoms with Crippen molar-refractivity contribution in [3.8, 4) is 11.5 Å². The van der Waals surface area contributed by atoms with Gasteiger partial charge in [-0.25, -0.2) is 0 Å². The van der Waals surface area contributed by atoms with Gasteiger partial charge in [-0.05, 0) is 36.8 Å². The fourth-order valence-electron chi connectivity index (χ4n) is 4.39. The van der Waals surface area contributed by atoms with Crippen molar-refractivity contribution in [2.75, 3.05) is 20.8 Å². The first kappa shape index (κ1) is 18.5. The average molecular weight is 381 g/mol. The van der Waals surface area contributed by atoms with Crippen LogP contribution in [0.2, 0.25) is 0 Å². The van der Waals surface area contributed by atoms with Gasteiger partial charge < -0.3 is 23.5 Å². The Balaban J connectivity index is 1.80. The van der Waals surface area contributed by atoms with Crippen molar-refractivity contribution in [3.05, 3.63) is 47.9 Å². The summed E-state index contributed by atoms with van der Waals surface area (Å²) in [7, 11) is 5.20. The van der Waals surface area contributed by atoms with E-state index in [9.17, 15) is 4.79 Å². The zero-order valence-electron chi connectivity index (χ0n) is 16.9. The second-order valence-corrected chi connectivity index (χ2v) is 7.25. The molecule has 0 saturated carbocycles. The molecule has 1 atom stereocenters. The van der Waals surface area contributed by atoms with Crippen LogP contribution in [0.4, 0.5) is 0 Å². The predicted octanol–water partition coefficient (Wildman–Crippen LogP) is 3.99.